The number of nitrogens with zero attached hydrogens (tertiary/aromatic N) is 2. The highest BCUT2D eigenvalue weighted by atomic mass is 31.2. The van der Waals surface area contributed by atoms with Gasteiger partial charge in [-0.1, -0.05) is 18.2 Å². The van der Waals surface area contributed by atoms with Crippen molar-refractivity contribution in [1.29, 1.82) is 0 Å². The summed E-state index contributed by atoms with van der Waals surface area (Å²) in [7, 11) is -4.84. The van der Waals surface area contributed by atoms with Crippen molar-refractivity contribution in [3.63, 3.8) is 0 Å². The monoisotopic (exact) mass is 309 g/mol. The number of benzene rings is 1. The summed E-state index contributed by atoms with van der Waals surface area (Å²) >= 11 is 0. The lowest BCUT2D eigenvalue weighted by Crippen LogP contribution is -2.19. The Balaban J connectivity index is 2.39. The van der Waals surface area contributed by atoms with Gasteiger partial charge in [0.15, 0.2) is 7.60 Å². The van der Waals surface area contributed by atoms with E-state index in [1.807, 2.05) is 0 Å². The van der Waals surface area contributed by atoms with Crippen molar-refractivity contribution in [1.82, 2.24) is 4.98 Å². The van der Waals surface area contributed by atoms with Gasteiger partial charge in [0.05, 0.1) is 10.6 Å². The van der Waals surface area contributed by atoms with Crippen LogP contribution in [-0.4, -0.2) is 20.0 Å². The molecule has 1 aromatic heterocycles. The number of nitrogens with one attached hydrogen (secondary N) is 1. The minimum absolute atomic E-state index is 0.118. The van der Waals surface area contributed by atoms with E-state index in [0.717, 1.165) is 12.3 Å². The molecule has 0 radical (unpaired) electrons. The fraction of sp³-hybridized carbons (Fsp3) is 0.0833. The quantitative estimate of drug-likeness (QED) is 0.565. The smallest absolute Gasteiger partial charge is 0.320 e. The molecule has 9 heteroatoms. The maximum absolute atomic E-state index is 11.5. The molecule has 2 aromatic rings. The predicted octanol–water partition coefficient (Wildman–Crippen LogP) is 1.54. The Labute approximate surface area is 119 Å². The molecule has 2 atom stereocenters. The van der Waals surface area contributed by atoms with E-state index in [-0.39, 0.29) is 11.4 Å². The Bertz CT molecular complexity index is 688. The van der Waals surface area contributed by atoms with Crippen LogP contribution in [0.1, 0.15) is 11.5 Å². The highest BCUT2D eigenvalue weighted by Gasteiger charge is 2.26. The zero-order valence-corrected chi connectivity index (χ0v) is 11.6. The van der Waals surface area contributed by atoms with E-state index in [2.05, 4.69) is 10.3 Å². The topological polar surface area (TPSA) is 126 Å². The van der Waals surface area contributed by atoms with Crippen LogP contribution < -0.4 is 10.2 Å². The largest absolute Gasteiger partial charge is 0.777 e. The molecule has 1 aromatic carbocycles. The molecule has 0 fully saturated rings. The number of pyridine rings is 1. The van der Waals surface area contributed by atoms with Gasteiger partial charge in [-0.05, 0) is 12.1 Å². The second-order valence-corrected chi connectivity index (χ2v) is 5.83. The van der Waals surface area contributed by atoms with Crippen molar-refractivity contribution in [3.8, 4) is 0 Å². The van der Waals surface area contributed by atoms with Gasteiger partial charge in [0.2, 0.25) is 0 Å². The maximum atomic E-state index is 11.5. The Morgan fingerprint density at radius 1 is 1.29 bits per heavy atom. The molecule has 0 saturated carbocycles. The van der Waals surface area contributed by atoms with E-state index in [0.29, 0.717) is 5.69 Å². The normalized spacial score (nSPS) is 15.0. The molecule has 0 aliphatic rings. The Morgan fingerprint density at radius 2 is 1.95 bits per heavy atom. The van der Waals surface area contributed by atoms with E-state index < -0.39 is 18.3 Å². The van der Waals surface area contributed by atoms with Crippen LogP contribution in [0.4, 0.5) is 11.4 Å². The summed E-state index contributed by atoms with van der Waals surface area (Å²) in [5.41, 5.74) is 0.128. The predicted molar refractivity (Wildman–Crippen MR) is 71.9 cm³/mol. The molecule has 110 valence electrons. The van der Waals surface area contributed by atoms with E-state index in [9.17, 15) is 19.3 Å². The highest BCUT2D eigenvalue weighted by molar-refractivity contribution is 7.50. The first-order valence-electron chi connectivity index (χ1n) is 5.85. The van der Waals surface area contributed by atoms with Crippen LogP contribution in [0, 0.1) is 4.91 Å². The molecule has 0 saturated heterocycles. The Hall–Kier alpha value is -2.28. The van der Waals surface area contributed by atoms with E-state index in [1.165, 1.54) is 6.07 Å². The third kappa shape index (κ3) is 3.85. The molecule has 1 heterocycles. The molecule has 0 bridgehead atoms. The van der Waals surface area contributed by atoms with Gasteiger partial charge in [-0.3, -0.25) is 4.98 Å². The number of anilines is 1. The number of rotatable bonds is 5. The molecule has 0 amide bonds. The third-order valence-corrected chi connectivity index (χ3v) is 3.72. The molecule has 0 aliphatic heterocycles. The Kier molecular flexibility index (Phi) is 4.32. The van der Waals surface area contributed by atoms with Crippen LogP contribution in [-0.2, 0) is 4.57 Å². The summed E-state index contributed by atoms with van der Waals surface area (Å²) < 4.78 is 11.5. The van der Waals surface area contributed by atoms with Crippen molar-refractivity contribution < 1.29 is 24.5 Å². The molecule has 21 heavy (non-hydrogen) atoms. The number of hydrogen-bond acceptors (Lipinski definition) is 5. The fourth-order valence-corrected chi connectivity index (χ4v) is 2.51. The summed E-state index contributed by atoms with van der Waals surface area (Å²) in [4.78, 5) is 35.1. The van der Waals surface area contributed by atoms with Gasteiger partial charge in [-0.25, -0.2) is 5.21 Å². The first kappa shape index (κ1) is 15.1. The lowest BCUT2D eigenvalue weighted by molar-refractivity contribution is -0.729. The average Bonchev–Trinajstić information content (AvgIpc) is 2.45. The standard InChI is InChI=1S/C12H12N3O5P/c16-15(17)10-6-7-13-11(8-10)12(21(18,19)20)14-9-4-2-1-3-5-9/h1-8,12,14H,(H2-,16,17,18,19,20). The van der Waals surface area contributed by atoms with Crippen molar-refractivity contribution in [3.05, 3.63) is 59.3 Å². The molecular formula is C12H12N3O5P. The summed E-state index contributed by atoms with van der Waals surface area (Å²) in [6.45, 7) is 0. The van der Waals surface area contributed by atoms with Crippen molar-refractivity contribution >= 4 is 19.0 Å². The number of aromatic nitrogens is 1. The number of hydrogen-bond donors (Lipinski definition) is 3. The number of para-hydroxylation sites is 1. The van der Waals surface area contributed by atoms with Gasteiger partial charge in [-0.2, -0.15) is 0 Å². The average molecular weight is 309 g/mol. The van der Waals surface area contributed by atoms with Gasteiger partial charge >= 0.3 is 5.69 Å². The first-order valence-corrected chi connectivity index (χ1v) is 7.50. The zero-order valence-electron chi connectivity index (χ0n) is 10.7. The van der Waals surface area contributed by atoms with E-state index >= 15 is 0 Å². The minimum Gasteiger partial charge on any atom is -0.777 e. The molecule has 2 rings (SSSR count). The fourth-order valence-electron chi connectivity index (χ4n) is 1.72. The summed E-state index contributed by atoms with van der Waals surface area (Å²) in [6, 6.07) is 10.6. The van der Waals surface area contributed by atoms with Crippen LogP contribution in [0.5, 0.6) is 0 Å². The molecule has 3 N–H and O–H groups in total. The van der Waals surface area contributed by atoms with Crippen LogP contribution in [0.25, 0.3) is 0 Å². The third-order valence-electron chi connectivity index (χ3n) is 2.67. The second-order valence-electron chi connectivity index (χ2n) is 4.19. The molecule has 2 unspecified atom stereocenters. The molecule has 8 nitrogen and oxygen atoms in total. The molecule has 0 spiro atoms. The minimum atomic E-state index is -4.84. The molecule has 0 aliphatic carbocycles. The second kappa shape index (κ2) is 6.01. The Morgan fingerprint density at radius 3 is 2.52 bits per heavy atom. The summed E-state index contributed by atoms with van der Waals surface area (Å²) in [6.07, 6.45) is 1.15. The summed E-state index contributed by atoms with van der Waals surface area (Å²) in [5, 5.41) is 11.5. The van der Waals surface area contributed by atoms with Crippen LogP contribution in [0.15, 0.2) is 48.7 Å². The van der Waals surface area contributed by atoms with Gasteiger partial charge in [-0.15, -0.1) is 0 Å². The van der Waals surface area contributed by atoms with Gasteiger partial charge < -0.3 is 19.7 Å². The summed E-state index contributed by atoms with van der Waals surface area (Å²) in [5.74, 6) is -1.54. The zero-order chi connectivity index (χ0) is 15.5. The van der Waals surface area contributed by atoms with E-state index in [1.54, 1.807) is 30.3 Å². The van der Waals surface area contributed by atoms with Gasteiger partial charge in [0.1, 0.15) is 5.78 Å². The van der Waals surface area contributed by atoms with Crippen LogP contribution in [0.3, 0.4) is 0 Å². The van der Waals surface area contributed by atoms with Crippen molar-refractivity contribution in [2.75, 3.05) is 5.32 Å². The van der Waals surface area contributed by atoms with E-state index in [4.69, 9.17) is 5.21 Å². The maximum Gasteiger partial charge on any atom is 0.320 e. The lowest BCUT2D eigenvalue weighted by Gasteiger charge is -2.28. The van der Waals surface area contributed by atoms with Crippen molar-refractivity contribution in [2.45, 2.75) is 5.78 Å². The lowest BCUT2D eigenvalue weighted by atomic mass is 10.3. The van der Waals surface area contributed by atoms with Crippen LogP contribution in [0.2, 0.25) is 0 Å². The van der Waals surface area contributed by atoms with Gasteiger partial charge in [0, 0.05) is 24.0 Å². The van der Waals surface area contributed by atoms with Gasteiger partial charge in [0.25, 0.3) is 4.92 Å². The first-order chi connectivity index (χ1) is 9.88. The van der Waals surface area contributed by atoms with Crippen molar-refractivity contribution in [2.24, 2.45) is 0 Å². The molecular weight excluding hydrogens is 297 g/mol. The SMILES string of the molecule is O=[N+](O)c1ccnc(C(Nc2ccccc2)P(=O)([O-])O)c1. The highest BCUT2D eigenvalue weighted by Crippen LogP contribution is 2.47. The van der Waals surface area contributed by atoms with Crippen LogP contribution >= 0.6 is 7.60 Å².